The Hall–Kier alpha value is -2.20. The molecule has 1 N–H and O–H groups in total. The maximum absolute atomic E-state index is 5.52. The van der Waals surface area contributed by atoms with E-state index in [9.17, 15) is 0 Å². The number of ether oxygens (including phenoxy) is 3. The van der Waals surface area contributed by atoms with E-state index in [0.29, 0.717) is 6.79 Å². The first kappa shape index (κ1) is 13.8. The van der Waals surface area contributed by atoms with Gasteiger partial charge in [-0.1, -0.05) is 24.3 Å². The van der Waals surface area contributed by atoms with Crippen LogP contribution in [0.15, 0.2) is 42.5 Å². The molecular formula is C17H19NO3. The second-order valence-corrected chi connectivity index (χ2v) is 5.03. The van der Waals surface area contributed by atoms with Gasteiger partial charge in [0.2, 0.25) is 6.79 Å². The average molecular weight is 285 g/mol. The summed E-state index contributed by atoms with van der Waals surface area (Å²) in [6.07, 6.45) is 0. The molecule has 1 aliphatic rings. The van der Waals surface area contributed by atoms with E-state index < -0.39 is 0 Å². The maximum atomic E-state index is 5.52. The van der Waals surface area contributed by atoms with Crippen LogP contribution < -0.4 is 19.5 Å². The molecule has 1 atom stereocenters. The van der Waals surface area contributed by atoms with E-state index in [1.54, 1.807) is 7.11 Å². The third-order valence-corrected chi connectivity index (χ3v) is 3.67. The minimum Gasteiger partial charge on any atom is -0.497 e. The highest BCUT2D eigenvalue weighted by Gasteiger charge is 2.17. The van der Waals surface area contributed by atoms with Crippen LogP contribution in [0.1, 0.15) is 24.1 Å². The van der Waals surface area contributed by atoms with Crippen LogP contribution >= 0.6 is 0 Å². The predicted molar refractivity (Wildman–Crippen MR) is 80.8 cm³/mol. The topological polar surface area (TPSA) is 39.7 Å². The lowest BCUT2D eigenvalue weighted by Crippen LogP contribution is -2.18. The van der Waals surface area contributed by atoms with E-state index in [2.05, 4.69) is 24.4 Å². The van der Waals surface area contributed by atoms with Gasteiger partial charge in [0, 0.05) is 18.2 Å². The number of fused-ring (bicyclic) bond motifs is 1. The van der Waals surface area contributed by atoms with Gasteiger partial charge in [-0.25, -0.2) is 0 Å². The molecule has 0 unspecified atom stereocenters. The smallest absolute Gasteiger partial charge is 0.231 e. The molecule has 0 saturated carbocycles. The number of benzene rings is 2. The lowest BCUT2D eigenvalue weighted by Gasteiger charge is -2.16. The molecule has 0 fully saturated rings. The summed E-state index contributed by atoms with van der Waals surface area (Å²) in [5.41, 5.74) is 2.30. The third kappa shape index (κ3) is 2.95. The lowest BCUT2D eigenvalue weighted by molar-refractivity contribution is 0.173. The third-order valence-electron chi connectivity index (χ3n) is 3.67. The zero-order chi connectivity index (χ0) is 14.7. The van der Waals surface area contributed by atoms with E-state index >= 15 is 0 Å². The normalized spacial score (nSPS) is 14.0. The van der Waals surface area contributed by atoms with E-state index in [4.69, 9.17) is 14.2 Å². The first-order chi connectivity index (χ1) is 10.3. The lowest BCUT2D eigenvalue weighted by atomic mass is 10.1. The van der Waals surface area contributed by atoms with Gasteiger partial charge in [-0.3, -0.25) is 0 Å². The van der Waals surface area contributed by atoms with E-state index in [0.717, 1.165) is 29.4 Å². The quantitative estimate of drug-likeness (QED) is 0.915. The van der Waals surface area contributed by atoms with Crippen molar-refractivity contribution in [2.45, 2.75) is 19.5 Å². The van der Waals surface area contributed by atoms with Crippen molar-refractivity contribution in [3.63, 3.8) is 0 Å². The zero-order valence-corrected chi connectivity index (χ0v) is 12.3. The van der Waals surface area contributed by atoms with Crippen LogP contribution in [-0.4, -0.2) is 13.9 Å². The highest BCUT2D eigenvalue weighted by atomic mass is 16.7. The predicted octanol–water partition coefficient (Wildman–Crippen LogP) is 3.27. The highest BCUT2D eigenvalue weighted by molar-refractivity contribution is 5.48. The molecule has 21 heavy (non-hydrogen) atoms. The monoisotopic (exact) mass is 285 g/mol. The molecule has 2 aromatic carbocycles. The molecule has 3 rings (SSSR count). The van der Waals surface area contributed by atoms with E-state index in [-0.39, 0.29) is 6.04 Å². The van der Waals surface area contributed by atoms with Crippen molar-refractivity contribution in [3.05, 3.63) is 53.6 Å². The van der Waals surface area contributed by atoms with Crippen LogP contribution in [0.25, 0.3) is 0 Å². The summed E-state index contributed by atoms with van der Waals surface area (Å²) in [7, 11) is 1.68. The van der Waals surface area contributed by atoms with Gasteiger partial charge >= 0.3 is 0 Å². The molecule has 110 valence electrons. The minimum absolute atomic E-state index is 0.221. The van der Waals surface area contributed by atoms with Crippen LogP contribution in [0.5, 0.6) is 17.2 Å². The number of para-hydroxylation sites is 1. The van der Waals surface area contributed by atoms with Crippen molar-refractivity contribution in [1.82, 2.24) is 5.32 Å². The first-order valence-corrected chi connectivity index (χ1v) is 7.03. The van der Waals surface area contributed by atoms with Crippen LogP contribution in [0.4, 0.5) is 0 Å². The fourth-order valence-corrected chi connectivity index (χ4v) is 2.42. The fraction of sp³-hybridized carbons (Fsp3) is 0.294. The fourth-order valence-electron chi connectivity index (χ4n) is 2.42. The molecule has 0 radical (unpaired) electrons. The van der Waals surface area contributed by atoms with E-state index in [1.165, 1.54) is 5.56 Å². The Labute approximate surface area is 124 Å². The molecule has 4 heteroatoms. The van der Waals surface area contributed by atoms with Crippen molar-refractivity contribution in [2.24, 2.45) is 0 Å². The number of hydrogen-bond donors (Lipinski definition) is 1. The Balaban J connectivity index is 1.68. The highest BCUT2D eigenvalue weighted by Crippen LogP contribution is 2.35. The average Bonchev–Trinajstić information content (AvgIpc) is 3.01. The Kier molecular flexibility index (Phi) is 3.97. The molecule has 4 nitrogen and oxygen atoms in total. The second-order valence-electron chi connectivity index (χ2n) is 5.03. The Morgan fingerprint density at radius 3 is 2.90 bits per heavy atom. The summed E-state index contributed by atoms with van der Waals surface area (Å²) >= 11 is 0. The van der Waals surface area contributed by atoms with Gasteiger partial charge < -0.3 is 19.5 Å². The summed E-state index contributed by atoms with van der Waals surface area (Å²) in [5, 5.41) is 3.51. The molecular weight excluding hydrogens is 266 g/mol. The molecule has 2 aromatic rings. The Bertz CT molecular complexity index is 627. The molecule has 0 bridgehead atoms. The standard InChI is InChI=1S/C17H19NO3/c1-12(13-5-3-7-15(9-13)19-2)18-10-14-6-4-8-16-17(14)21-11-20-16/h3-9,12,18H,10-11H2,1-2H3/t12-/m1/s1. The number of methoxy groups -OCH3 is 1. The van der Waals surface area contributed by atoms with Crippen molar-refractivity contribution in [1.29, 1.82) is 0 Å². The molecule has 1 aliphatic heterocycles. The van der Waals surface area contributed by atoms with Crippen molar-refractivity contribution in [3.8, 4) is 17.2 Å². The Morgan fingerprint density at radius 2 is 2.05 bits per heavy atom. The molecule has 0 saturated heterocycles. The van der Waals surface area contributed by atoms with Crippen LogP contribution in [0.3, 0.4) is 0 Å². The summed E-state index contributed by atoms with van der Waals surface area (Å²) < 4.78 is 16.2. The summed E-state index contributed by atoms with van der Waals surface area (Å²) in [5.74, 6) is 2.55. The number of hydrogen-bond acceptors (Lipinski definition) is 4. The number of nitrogens with one attached hydrogen (secondary N) is 1. The van der Waals surface area contributed by atoms with Gasteiger partial charge in [0.1, 0.15) is 5.75 Å². The molecule has 0 aliphatic carbocycles. The van der Waals surface area contributed by atoms with Crippen molar-refractivity contribution >= 4 is 0 Å². The maximum Gasteiger partial charge on any atom is 0.231 e. The number of rotatable bonds is 5. The van der Waals surface area contributed by atoms with Gasteiger partial charge in [0.05, 0.1) is 7.11 Å². The summed E-state index contributed by atoms with van der Waals surface area (Å²) in [6.45, 7) is 3.16. The van der Waals surface area contributed by atoms with Gasteiger partial charge in [-0.15, -0.1) is 0 Å². The SMILES string of the molecule is COc1cccc([C@@H](C)NCc2cccc3c2OCO3)c1. The van der Waals surface area contributed by atoms with Crippen LogP contribution in [0, 0.1) is 0 Å². The van der Waals surface area contributed by atoms with Crippen molar-refractivity contribution < 1.29 is 14.2 Å². The van der Waals surface area contributed by atoms with Crippen molar-refractivity contribution in [2.75, 3.05) is 13.9 Å². The van der Waals surface area contributed by atoms with E-state index in [1.807, 2.05) is 30.3 Å². The van der Waals surface area contributed by atoms with Crippen LogP contribution in [-0.2, 0) is 6.54 Å². The Morgan fingerprint density at radius 1 is 1.19 bits per heavy atom. The van der Waals surface area contributed by atoms with Gasteiger partial charge in [-0.05, 0) is 30.7 Å². The molecule has 0 aromatic heterocycles. The second kappa shape index (κ2) is 6.06. The molecule has 1 heterocycles. The molecule has 0 amide bonds. The van der Waals surface area contributed by atoms with Gasteiger partial charge in [-0.2, -0.15) is 0 Å². The summed E-state index contributed by atoms with van der Waals surface area (Å²) in [6, 6.07) is 14.3. The van der Waals surface area contributed by atoms with Gasteiger partial charge in [0.15, 0.2) is 11.5 Å². The minimum atomic E-state index is 0.221. The zero-order valence-electron chi connectivity index (χ0n) is 12.3. The first-order valence-electron chi connectivity index (χ1n) is 7.03. The van der Waals surface area contributed by atoms with Crippen LogP contribution in [0.2, 0.25) is 0 Å². The van der Waals surface area contributed by atoms with Gasteiger partial charge in [0.25, 0.3) is 0 Å². The largest absolute Gasteiger partial charge is 0.497 e. The molecule has 0 spiro atoms. The summed E-state index contributed by atoms with van der Waals surface area (Å²) in [4.78, 5) is 0.